The maximum Gasteiger partial charge on any atom is 0.284 e. The number of primary amides is 1. The summed E-state index contributed by atoms with van der Waals surface area (Å²) < 4.78 is 7.32. The Morgan fingerprint density at radius 3 is 2.96 bits per heavy atom. The van der Waals surface area contributed by atoms with Gasteiger partial charge in [-0.05, 0) is 18.6 Å². The Bertz CT molecular complexity index is 783. The molecule has 3 rings (SSSR count). The standard InChI is InChI=1S/C16H23N7O2.HI/c1-3-13-21-14-7-4-10(9-23(14)22-13)20-16(18-2)19-8-11-5-6-12(25-11)15(17)24;/h5-6,10H,3-4,7-9H2,1-2H3,(H2,17,24)(H2,18,19,20);1H. The molecule has 0 aromatic carbocycles. The average Bonchev–Trinajstić information content (AvgIpc) is 3.24. The maximum atomic E-state index is 11.1. The highest BCUT2D eigenvalue weighted by molar-refractivity contribution is 14.0. The number of furan rings is 1. The van der Waals surface area contributed by atoms with E-state index >= 15 is 0 Å². The first kappa shape index (κ1) is 20.2. The minimum atomic E-state index is -0.578. The molecule has 2 aromatic heterocycles. The number of aromatic nitrogens is 3. The van der Waals surface area contributed by atoms with Gasteiger partial charge < -0.3 is 20.8 Å². The van der Waals surface area contributed by atoms with E-state index in [1.54, 1.807) is 19.2 Å². The average molecular weight is 473 g/mol. The first-order valence-electron chi connectivity index (χ1n) is 8.37. The molecule has 3 heterocycles. The lowest BCUT2D eigenvalue weighted by Gasteiger charge is -2.25. The Kier molecular flexibility index (Phi) is 7.00. The van der Waals surface area contributed by atoms with Crippen LogP contribution in [0.1, 0.15) is 41.3 Å². The number of rotatable bonds is 5. The van der Waals surface area contributed by atoms with Crippen LogP contribution in [-0.4, -0.2) is 39.7 Å². The minimum Gasteiger partial charge on any atom is -0.454 e. The summed E-state index contributed by atoms with van der Waals surface area (Å²) in [5.74, 6) is 2.80. The van der Waals surface area contributed by atoms with Crippen LogP contribution in [0, 0.1) is 0 Å². The quantitative estimate of drug-likeness (QED) is 0.336. The lowest BCUT2D eigenvalue weighted by atomic mass is 10.1. The van der Waals surface area contributed by atoms with E-state index in [-0.39, 0.29) is 35.8 Å². The lowest BCUT2D eigenvalue weighted by molar-refractivity contribution is 0.0972. The highest BCUT2D eigenvalue weighted by Gasteiger charge is 2.22. The Balaban J connectivity index is 0.00000243. The molecule has 1 atom stereocenters. The fourth-order valence-corrected chi connectivity index (χ4v) is 2.79. The Morgan fingerprint density at radius 1 is 1.50 bits per heavy atom. The summed E-state index contributed by atoms with van der Waals surface area (Å²) >= 11 is 0. The van der Waals surface area contributed by atoms with E-state index in [0.717, 1.165) is 37.5 Å². The first-order chi connectivity index (χ1) is 12.1. The van der Waals surface area contributed by atoms with Crippen LogP contribution in [0.25, 0.3) is 0 Å². The molecule has 0 saturated heterocycles. The Hall–Kier alpha value is -2.11. The molecule has 0 saturated carbocycles. The van der Waals surface area contributed by atoms with E-state index in [0.29, 0.717) is 18.3 Å². The second-order valence-corrected chi connectivity index (χ2v) is 5.92. The molecule has 1 unspecified atom stereocenters. The normalized spacial score (nSPS) is 16.5. The van der Waals surface area contributed by atoms with Gasteiger partial charge in [0.15, 0.2) is 17.5 Å². The van der Waals surface area contributed by atoms with Crippen molar-refractivity contribution in [1.82, 2.24) is 25.4 Å². The molecule has 0 fully saturated rings. The van der Waals surface area contributed by atoms with E-state index in [2.05, 4.69) is 32.6 Å². The number of aliphatic imine (C=N–C) groups is 1. The number of fused-ring (bicyclic) bond motifs is 1. The molecule has 1 aliphatic rings. The first-order valence-corrected chi connectivity index (χ1v) is 8.37. The molecule has 0 bridgehead atoms. The van der Waals surface area contributed by atoms with Gasteiger partial charge in [-0.3, -0.25) is 9.79 Å². The van der Waals surface area contributed by atoms with Gasteiger partial charge in [-0.2, -0.15) is 5.10 Å². The number of carbonyl (C=O) groups excluding carboxylic acids is 1. The summed E-state index contributed by atoms with van der Waals surface area (Å²) in [6.45, 7) is 3.23. The van der Waals surface area contributed by atoms with Gasteiger partial charge in [0.05, 0.1) is 13.1 Å². The van der Waals surface area contributed by atoms with E-state index in [4.69, 9.17) is 10.2 Å². The summed E-state index contributed by atoms with van der Waals surface area (Å²) in [6.07, 6.45) is 2.70. The Labute approximate surface area is 168 Å². The summed E-state index contributed by atoms with van der Waals surface area (Å²) in [6, 6.07) is 3.51. The van der Waals surface area contributed by atoms with Crippen molar-refractivity contribution in [3.63, 3.8) is 0 Å². The number of hydrogen-bond acceptors (Lipinski definition) is 5. The Morgan fingerprint density at radius 2 is 2.31 bits per heavy atom. The molecule has 0 spiro atoms. The summed E-state index contributed by atoms with van der Waals surface area (Å²) in [4.78, 5) is 19.8. The van der Waals surface area contributed by atoms with Crippen molar-refractivity contribution < 1.29 is 9.21 Å². The van der Waals surface area contributed by atoms with Crippen molar-refractivity contribution >= 4 is 35.8 Å². The molecule has 1 aliphatic heterocycles. The third-order valence-corrected chi connectivity index (χ3v) is 4.12. The molecule has 9 nitrogen and oxygen atoms in total. The third-order valence-electron chi connectivity index (χ3n) is 4.12. The fraction of sp³-hybridized carbons (Fsp3) is 0.500. The largest absolute Gasteiger partial charge is 0.454 e. The fourth-order valence-electron chi connectivity index (χ4n) is 2.79. The predicted octanol–water partition coefficient (Wildman–Crippen LogP) is 0.830. The monoisotopic (exact) mass is 473 g/mol. The molecular weight excluding hydrogens is 449 g/mol. The van der Waals surface area contributed by atoms with Gasteiger partial charge in [0, 0.05) is 25.9 Å². The van der Waals surface area contributed by atoms with Crippen molar-refractivity contribution in [3.05, 3.63) is 35.3 Å². The van der Waals surface area contributed by atoms with Crippen molar-refractivity contribution in [1.29, 1.82) is 0 Å². The number of amides is 1. The minimum absolute atomic E-state index is 0. The van der Waals surface area contributed by atoms with Crippen LogP contribution < -0.4 is 16.4 Å². The van der Waals surface area contributed by atoms with Gasteiger partial charge in [0.1, 0.15) is 11.6 Å². The van der Waals surface area contributed by atoms with Crippen molar-refractivity contribution in [2.75, 3.05) is 7.05 Å². The van der Waals surface area contributed by atoms with Crippen molar-refractivity contribution in [2.45, 2.75) is 45.3 Å². The van der Waals surface area contributed by atoms with Crippen LogP contribution in [0.5, 0.6) is 0 Å². The van der Waals surface area contributed by atoms with Crippen LogP contribution in [0.4, 0.5) is 0 Å². The zero-order chi connectivity index (χ0) is 17.8. The third kappa shape index (κ3) is 4.74. The van der Waals surface area contributed by atoms with Crippen LogP contribution in [0.3, 0.4) is 0 Å². The highest BCUT2D eigenvalue weighted by Crippen LogP contribution is 2.13. The van der Waals surface area contributed by atoms with Crippen molar-refractivity contribution in [3.8, 4) is 0 Å². The topological polar surface area (TPSA) is 123 Å². The number of nitrogens with one attached hydrogen (secondary N) is 2. The van der Waals surface area contributed by atoms with Crippen LogP contribution in [0.2, 0.25) is 0 Å². The molecule has 26 heavy (non-hydrogen) atoms. The van der Waals surface area contributed by atoms with E-state index in [9.17, 15) is 4.79 Å². The van der Waals surface area contributed by atoms with Gasteiger partial charge >= 0.3 is 0 Å². The maximum absolute atomic E-state index is 11.1. The van der Waals surface area contributed by atoms with Crippen LogP contribution in [-0.2, 0) is 25.9 Å². The summed E-state index contributed by atoms with van der Waals surface area (Å²) in [5.41, 5.74) is 5.18. The second-order valence-electron chi connectivity index (χ2n) is 5.92. The number of nitrogens with zero attached hydrogens (tertiary/aromatic N) is 4. The number of hydrogen-bond donors (Lipinski definition) is 3. The highest BCUT2D eigenvalue weighted by atomic mass is 127. The number of nitrogens with two attached hydrogens (primary N) is 1. The molecule has 10 heteroatoms. The van der Waals surface area contributed by atoms with E-state index in [1.165, 1.54) is 0 Å². The number of halogens is 1. The van der Waals surface area contributed by atoms with E-state index < -0.39 is 5.91 Å². The van der Waals surface area contributed by atoms with Gasteiger partial charge in [-0.15, -0.1) is 24.0 Å². The molecular formula is C16H24IN7O2. The van der Waals surface area contributed by atoms with Gasteiger partial charge in [0.25, 0.3) is 5.91 Å². The molecule has 0 radical (unpaired) electrons. The molecule has 142 valence electrons. The van der Waals surface area contributed by atoms with E-state index in [1.807, 2.05) is 4.68 Å². The van der Waals surface area contributed by atoms with Crippen LogP contribution >= 0.6 is 24.0 Å². The number of carbonyl (C=O) groups is 1. The zero-order valence-corrected chi connectivity index (χ0v) is 17.2. The summed E-state index contributed by atoms with van der Waals surface area (Å²) in [7, 11) is 1.71. The number of guanidine groups is 1. The van der Waals surface area contributed by atoms with Crippen LogP contribution in [0.15, 0.2) is 21.5 Å². The lowest BCUT2D eigenvalue weighted by Crippen LogP contribution is -2.46. The molecule has 4 N–H and O–H groups in total. The van der Waals surface area contributed by atoms with Gasteiger partial charge in [-0.25, -0.2) is 9.67 Å². The number of aryl methyl sites for hydroxylation is 2. The molecule has 1 amide bonds. The summed E-state index contributed by atoms with van der Waals surface area (Å²) in [5, 5.41) is 11.1. The second kappa shape index (κ2) is 9.01. The smallest absolute Gasteiger partial charge is 0.284 e. The van der Waals surface area contributed by atoms with Crippen molar-refractivity contribution in [2.24, 2.45) is 10.7 Å². The predicted molar refractivity (Wildman–Crippen MR) is 107 cm³/mol. The van der Waals surface area contributed by atoms with Gasteiger partial charge in [0.2, 0.25) is 0 Å². The van der Waals surface area contributed by atoms with Gasteiger partial charge in [-0.1, -0.05) is 6.92 Å². The molecule has 0 aliphatic carbocycles. The SMILES string of the molecule is CCc1nc2n(n1)CC(NC(=NC)NCc1ccc(C(N)=O)o1)CC2.I. The zero-order valence-electron chi connectivity index (χ0n) is 14.9. The molecule has 2 aromatic rings.